The summed E-state index contributed by atoms with van der Waals surface area (Å²) in [6.45, 7) is 8.03. The lowest BCUT2D eigenvalue weighted by atomic mass is 10.2. The predicted octanol–water partition coefficient (Wildman–Crippen LogP) is 1.76. The van der Waals surface area contributed by atoms with Gasteiger partial charge >= 0.3 is 0 Å². The molecule has 3 unspecified atom stereocenters. The van der Waals surface area contributed by atoms with E-state index in [4.69, 9.17) is 5.73 Å². The van der Waals surface area contributed by atoms with E-state index in [0.29, 0.717) is 0 Å². The first-order chi connectivity index (χ1) is 6.97. The molecule has 0 bridgehead atoms. The van der Waals surface area contributed by atoms with Gasteiger partial charge in [-0.1, -0.05) is 6.92 Å². The van der Waals surface area contributed by atoms with Crippen molar-refractivity contribution in [3.63, 3.8) is 0 Å². The first-order valence-electron chi connectivity index (χ1n) is 5.64. The zero-order valence-electron chi connectivity index (χ0n) is 10.2. The van der Waals surface area contributed by atoms with Gasteiger partial charge < -0.3 is 11.1 Å². The largest absolute Gasteiger partial charge is 0.353 e. The Bertz CT molecular complexity index is 185. The quantitative estimate of drug-likeness (QED) is 0.703. The number of rotatable bonds is 7. The maximum absolute atomic E-state index is 11.6. The average Bonchev–Trinajstić information content (AvgIpc) is 2.16. The van der Waals surface area contributed by atoms with Gasteiger partial charge in [0.05, 0.1) is 5.25 Å². The molecule has 3 nitrogen and oxygen atoms in total. The molecule has 0 spiro atoms. The van der Waals surface area contributed by atoms with Gasteiger partial charge in [0.25, 0.3) is 0 Å². The van der Waals surface area contributed by atoms with Crippen LogP contribution in [-0.4, -0.2) is 29.0 Å². The zero-order chi connectivity index (χ0) is 11.8. The van der Waals surface area contributed by atoms with Gasteiger partial charge in [-0.05, 0) is 39.4 Å². The Morgan fingerprint density at radius 1 is 1.40 bits per heavy atom. The third-order valence-corrected chi connectivity index (χ3v) is 3.50. The summed E-state index contributed by atoms with van der Waals surface area (Å²) >= 11 is 1.67. The number of carbonyl (C=O) groups is 1. The average molecular weight is 232 g/mol. The lowest BCUT2D eigenvalue weighted by Gasteiger charge is -2.16. The minimum absolute atomic E-state index is 0.0257. The summed E-state index contributed by atoms with van der Waals surface area (Å²) in [5.74, 6) is 1.09. The van der Waals surface area contributed by atoms with E-state index in [1.807, 2.05) is 20.8 Å². The lowest BCUT2D eigenvalue weighted by Crippen LogP contribution is -2.37. The minimum Gasteiger partial charge on any atom is -0.353 e. The van der Waals surface area contributed by atoms with Crippen molar-refractivity contribution in [3.8, 4) is 0 Å². The van der Waals surface area contributed by atoms with E-state index >= 15 is 0 Å². The second kappa shape index (κ2) is 7.99. The van der Waals surface area contributed by atoms with Crippen molar-refractivity contribution in [2.24, 2.45) is 5.73 Å². The van der Waals surface area contributed by atoms with Crippen molar-refractivity contribution >= 4 is 17.7 Å². The van der Waals surface area contributed by atoms with Crippen molar-refractivity contribution in [3.05, 3.63) is 0 Å². The highest BCUT2D eigenvalue weighted by Crippen LogP contribution is 2.12. The summed E-state index contributed by atoms with van der Waals surface area (Å²) in [6, 6.07) is 0.497. The maximum atomic E-state index is 11.6. The summed E-state index contributed by atoms with van der Waals surface area (Å²) in [7, 11) is 0. The Hall–Kier alpha value is -0.220. The molecule has 0 aliphatic heterocycles. The van der Waals surface area contributed by atoms with Gasteiger partial charge in [-0.15, -0.1) is 11.8 Å². The third kappa shape index (κ3) is 7.68. The molecule has 0 radical (unpaired) electrons. The second-order valence-corrected chi connectivity index (χ2v) is 5.55. The van der Waals surface area contributed by atoms with Gasteiger partial charge in [0.2, 0.25) is 5.91 Å². The van der Waals surface area contributed by atoms with Gasteiger partial charge in [0, 0.05) is 12.1 Å². The molecule has 0 aromatic carbocycles. The van der Waals surface area contributed by atoms with Crippen LogP contribution in [0.4, 0.5) is 0 Å². The molecule has 0 aliphatic rings. The summed E-state index contributed by atoms with van der Waals surface area (Å²) in [5.41, 5.74) is 5.64. The minimum atomic E-state index is 0.0257. The molecule has 3 N–H and O–H groups in total. The lowest BCUT2D eigenvalue weighted by molar-refractivity contribution is -0.120. The molecule has 0 fully saturated rings. The van der Waals surface area contributed by atoms with E-state index in [9.17, 15) is 4.79 Å². The first kappa shape index (κ1) is 14.8. The van der Waals surface area contributed by atoms with Crippen LogP contribution >= 0.6 is 11.8 Å². The fourth-order valence-corrected chi connectivity index (χ4v) is 2.05. The molecule has 0 saturated carbocycles. The Labute approximate surface area is 97.6 Å². The third-order valence-electron chi connectivity index (χ3n) is 2.31. The van der Waals surface area contributed by atoms with Crippen LogP contribution in [0, 0.1) is 0 Å². The highest BCUT2D eigenvalue weighted by molar-refractivity contribution is 8.00. The molecular weight excluding hydrogens is 208 g/mol. The van der Waals surface area contributed by atoms with Crippen molar-refractivity contribution < 1.29 is 4.79 Å². The molecule has 0 aliphatic carbocycles. The van der Waals surface area contributed by atoms with Crippen LogP contribution in [0.25, 0.3) is 0 Å². The van der Waals surface area contributed by atoms with Crippen LogP contribution in [0.3, 0.4) is 0 Å². The second-order valence-electron chi connectivity index (χ2n) is 4.10. The molecule has 90 valence electrons. The molecular formula is C11H24N2OS. The van der Waals surface area contributed by atoms with Gasteiger partial charge in [0.1, 0.15) is 0 Å². The van der Waals surface area contributed by atoms with E-state index in [2.05, 4.69) is 12.2 Å². The SMILES string of the molecule is CCC(C)NC(=O)C(C)SCCC(C)N. The monoisotopic (exact) mass is 232 g/mol. The van der Waals surface area contributed by atoms with Gasteiger partial charge in [-0.3, -0.25) is 4.79 Å². The highest BCUT2D eigenvalue weighted by Gasteiger charge is 2.14. The number of hydrogen-bond acceptors (Lipinski definition) is 3. The topological polar surface area (TPSA) is 55.1 Å². The molecule has 0 heterocycles. The fourth-order valence-electron chi connectivity index (χ4n) is 0.969. The summed E-state index contributed by atoms with van der Waals surface area (Å²) in [6.07, 6.45) is 1.94. The number of hydrogen-bond donors (Lipinski definition) is 2. The number of carbonyl (C=O) groups excluding carboxylic acids is 1. The van der Waals surface area contributed by atoms with Gasteiger partial charge in [0.15, 0.2) is 0 Å². The van der Waals surface area contributed by atoms with Crippen LogP contribution in [-0.2, 0) is 4.79 Å². The highest BCUT2D eigenvalue weighted by atomic mass is 32.2. The summed E-state index contributed by atoms with van der Waals surface area (Å²) in [4.78, 5) is 11.6. The van der Waals surface area contributed by atoms with Gasteiger partial charge in [-0.2, -0.15) is 0 Å². The molecule has 0 rings (SSSR count). The molecule has 3 atom stereocenters. The number of amides is 1. The smallest absolute Gasteiger partial charge is 0.233 e. The zero-order valence-corrected chi connectivity index (χ0v) is 11.1. The van der Waals surface area contributed by atoms with E-state index in [1.54, 1.807) is 11.8 Å². The van der Waals surface area contributed by atoms with Crippen LogP contribution in [0.5, 0.6) is 0 Å². The van der Waals surface area contributed by atoms with E-state index in [-0.39, 0.29) is 23.2 Å². The Balaban J connectivity index is 3.69. The predicted molar refractivity (Wildman–Crippen MR) is 68.1 cm³/mol. The Morgan fingerprint density at radius 2 is 2.00 bits per heavy atom. The molecule has 0 saturated heterocycles. The van der Waals surface area contributed by atoms with Crippen molar-refractivity contribution in [2.45, 2.75) is 57.9 Å². The molecule has 1 amide bonds. The van der Waals surface area contributed by atoms with Crippen LogP contribution in [0.1, 0.15) is 40.5 Å². The molecule has 4 heteroatoms. The molecule has 0 aromatic rings. The molecule has 15 heavy (non-hydrogen) atoms. The Morgan fingerprint density at radius 3 is 2.47 bits per heavy atom. The molecule has 0 aromatic heterocycles. The van der Waals surface area contributed by atoms with Crippen LogP contribution in [0.2, 0.25) is 0 Å². The summed E-state index contributed by atoms with van der Waals surface area (Å²) in [5, 5.41) is 3.00. The van der Waals surface area contributed by atoms with Gasteiger partial charge in [-0.25, -0.2) is 0 Å². The van der Waals surface area contributed by atoms with E-state index in [1.165, 1.54) is 0 Å². The number of nitrogens with two attached hydrogens (primary N) is 1. The van der Waals surface area contributed by atoms with E-state index in [0.717, 1.165) is 18.6 Å². The fraction of sp³-hybridized carbons (Fsp3) is 0.909. The van der Waals surface area contributed by atoms with Crippen LogP contribution < -0.4 is 11.1 Å². The normalized spacial score (nSPS) is 16.9. The number of nitrogens with one attached hydrogen (secondary N) is 1. The Kier molecular flexibility index (Phi) is 7.88. The number of thioether (sulfide) groups is 1. The van der Waals surface area contributed by atoms with E-state index < -0.39 is 0 Å². The van der Waals surface area contributed by atoms with Crippen molar-refractivity contribution in [2.75, 3.05) is 5.75 Å². The van der Waals surface area contributed by atoms with Crippen LogP contribution in [0.15, 0.2) is 0 Å². The summed E-state index contributed by atoms with van der Waals surface area (Å²) < 4.78 is 0. The van der Waals surface area contributed by atoms with Crippen molar-refractivity contribution in [1.29, 1.82) is 0 Å². The first-order valence-corrected chi connectivity index (χ1v) is 6.69. The maximum Gasteiger partial charge on any atom is 0.233 e. The van der Waals surface area contributed by atoms with Crippen molar-refractivity contribution in [1.82, 2.24) is 5.32 Å². The standard InChI is InChI=1S/C11H24N2OS/c1-5-9(3)13-11(14)10(4)15-7-6-8(2)12/h8-10H,5-7,12H2,1-4H3,(H,13,14).